The average Bonchev–Trinajstić information content (AvgIpc) is 2.61. The van der Waals surface area contributed by atoms with E-state index in [1.165, 1.54) is 12.1 Å². The van der Waals surface area contributed by atoms with Gasteiger partial charge in [-0.1, -0.05) is 37.3 Å². The lowest BCUT2D eigenvalue weighted by Gasteiger charge is -2.20. The summed E-state index contributed by atoms with van der Waals surface area (Å²) in [5.41, 5.74) is 1.94. The molecule has 5 nitrogen and oxygen atoms in total. The van der Waals surface area contributed by atoms with E-state index in [4.69, 9.17) is 9.84 Å². The van der Waals surface area contributed by atoms with Gasteiger partial charge in [-0.05, 0) is 37.1 Å². The number of carboxylic acids is 1. The highest BCUT2D eigenvalue weighted by Gasteiger charge is 2.17. The molecule has 2 rings (SSSR count). The van der Waals surface area contributed by atoms with Crippen molar-refractivity contribution in [3.05, 3.63) is 65.2 Å². The van der Waals surface area contributed by atoms with E-state index in [1.807, 2.05) is 38.1 Å². The minimum Gasteiger partial charge on any atom is -0.494 e. The summed E-state index contributed by atoms with van der Waals surface area (Å²) in [5.74, 6) is -0.307. The maximum Gasteiger partial charge on any atom is 0.335 e. The second kappa shape index (κ2) is 8.87. The molecule has 5 heteroatoms. The number of carboxylic acid groups (broad SMARTS) is 1. The third-order valence-electron chi connectivity index (χ3n) is 3.90. The first-order chi connectivity index (χ1) is 12.0. The van der Waals surface area contributed by atoms with Gasteiger partial charge < -0.3 is 15.2 Å². The molecule has 0 heterocycles. The Morgan fingerprint density at radius 1 is 1.08 bits per heavy atom. The van der Waals surface area contributed by atoms with Gasteiger partial charge in [-0.25, -0.2) is 4.79 Å². The SMILES string of the molecule is CCOc1ccccc1C(CC)NC(=O)Cc1ccc(C(=O)O)cc1. The van der Waals surface area contributed by atoms with Crippen LogP contribution in [0.5, 0.6) is 5.75 Å². The molecule has 0 aromatic heterocycles. The predicted molar refractivity (Wildman–Crippen MR) is 95.9 cm³/mol. The summed E-state index contributed by atoms with van der Waals surface area (Å²) < 4.78 is 5.65. The zero-order chi connectivity index (χ0) is 18.2. The van der Waals surface area contributed by atoms with Crippen molar-refractivity contribution < 1.29 is 19.4 Å². The molecule has 0 bridgehead atoms. The maximum atomic E-state index is 12.4. The van der Waals surface area contributed by atoms with Crippen LogP contribution >= 0.6 is 0 Å². The summed E-state index contributed by atoms with van der Waals surface area (Å²) in [6.45, 7) is 4.50. The molecule has 0 spiro atoms. The number of benzene rings is 2. The Kier molecular flexibility index (Phi) is 6.57. The molecular weight excluding hydrogens is 318 g/mol. The number of rotatable bonds is 8. The molecule has 2 aromatic rings. The number of ether oxygens (including phenoxy) is 1. The van der Waals surface area contributed by atoms with Crippen LogP contribution in [0.2, 0.25) is 0 Å². The molecule has 0 radical (unpaired) electrons. The minimum absolute atomic E-state index is 0.110. The predicted octanol–water partition coefficient (Wildman–Crippen LogP) is 3.59. The average molecular weight is 341 g/mol. The van der Waals surface area contributed by atoms with Crippen LogP contribution < -0.4 is 10.1 Å². The van der Waals surface area contributed by atoms with Gasteiger partial charge in [0.25, 0.3) is 0 Å². The number of hydrogen-bond donors (Lipinski definition) is 2. The first-order valence-electron chi connectivity index (χ1n) is 8.38. The number of nitrogens with one attached hydrogen (secondary N) is 1. The summed E-state index contributed by atoms with van der Waals surface area (Å²) in [6.07, 6.45) is 0.945. The Bertz CT molecular complexity index is 725. The van der Waals surface area contributed by atoms with Crippen LogP contribution in [0, 0.1) is 0 Å². The molecule has 1 amide bonds. The molecule has 0 saturated carbocycles. The van der Waals surface area contributed by atoms with Crippen LogP contribution in [0.15, 0.2) is 48.5 Å². The molecule has 132 valence electrons. The lowest BCUT2D eigenvalue weighted by atomic mass is 10.0. The van der Waals surface area contributed by atoms with E-state index < -0.39 is 5.97 Å². The number of aromatic carboxylic acids is 1. The van der Waals surface area contributed by atoms with Crippen LogP contribution in [-0.4, -0.2) is 23.6 Å². The van der Waals surface area contributed by atoms with Crippen molar-refractivity contribution in [2.75, 3.05) is 6.61 Å². The highest BCUT2D eigenvalue weighted by molar-refractivity contribution is 5.87. The third-order valence-corrected chi connectivity index (χ3v) is 3.90. The smallest absolute Gasteiger partial charge is 0.335 e. The zero-order valence-corrected chi connectivity index (χ0v) is 14.5. The van der Waals surface area contributed by atoms with Gasteiger partial charge >= 0.3 is 5.97 Å². The van der Waals surface area contributed by atoms with Crippen LogP contribution in [0.25, 0.3) is 0 Å². The summed E-state index contributed by atoms with van der Waals surface area (Å²) in [7, 11) is 0. The van der Waals surface area contributed by atoms with Crippen molar-refractivity contribution in [1.82, 2.24) is 5.32 Å². The van der Waals surface area contributed by atoms with E-state index in [-0.39, 0.29) is 23.9 Å². The molecule has 1 atom stereocenters. The van der Waals surface area contributed by atoms with Crippen molar-refractivity contribution >= 4 is 11.9 Å². The quantitative estimate of drug-likeness (QED) is 0.769. The van der Waals surface area contributed by atoms with E-state index in [2.05, 4.69) is 5.32 Å². The van der Waals surface area contributed by atoms with Gasteiger partial charge in [0, 0.05) is 5.56 Å². The largest absolute Gasteiger partial charge is 0.494 e. The van der Waals surface area contributed by atoms with E-state index in [1.54, 1.807) is 12.1 Å². The van der Waals surface area contributed by atoms with E-state index >= 15 is 0 Å². The summed E-state index contributed by atoms with van der Waals surface area (Å²) in [6, 6.07) is 13.9. The van der Waals surface area contributed by atoms with Crippen molar-refractivity contribution in [3.8, 4) is 5.75 Å². The van der Waals surface area contributed by atoms with Gasteiger partial charge in [-0.3, -0.25) is 4.79 Å². The van der Waals surface area contributed by atoms with E-state index in [0.717, 1.165) is 23.3 Å². The molecule has 0 aliphatic rings. The van der Waals surface area contributed by atoms with Crippen molar-refractivity contribution in [1.29, 1.82) is 0 Å². The molecule has 0 fully saturated rings. The normalized spacial score (nSPS) is 11.6. The fourth-order valence-corrected chi connectivity index (χ4v) is 2.65. The van der Waals surface area contributed by atoms with Gasteiger partial charge in [0.2, 0.25) is 5.91 Å². The topological polar surface area (TPSA) is 75.6 Å². The minimum atomic E-state index is -0.977. The number of amides is 1. The Morgan fingerprint density at radius 2 is 1.76 bits per heavy atom. The van der Waals surface area contributed by atoms with Gasteiger partial charge in [0.15, 0.2) is 0 Å². The zero-order valence-electron chi connectivity index (χ0n) is 14.5. The maximum absolute atomic E-state index is 12.4. The molecule has 0 saturated heterocycles. The molecule has 2 aromatic carbocycles. The Balaban J connectivity index is 2.06. The Hall–Kier alpha value is -2.82. The number of para-hydroxylation sites is 1. The molecule has 1 unspecified atom stereocenters. The second-order valence-corrected chi connectivity index (χ2v) is 5.68. The fourth-order valence-electron chi connectivity index (χ4n) is 2.65. The lowest BCUT2D eigenvalue weighted by Crippen LogP contribution is -2.29. The van der Waals surface area contributed by atoms with Gasteiger partial charge in [-0.2, -0.15) is 0 Å². The van der Waals surface area contributed by atoms with Crippen LogP contribution in [0.3, 0.4) is 0 Å². The number of carbonyl (C=O) groups is 2. The second-order valence-electron chi connectivity index (χ2n) is 5.68. The standard InChI is InChI=1S/C20H23NO4/c1-3-17(16-7-5-6-8-18(16)25-4-2)21-19(22)13-14-9-11-15(12-10-14)20(23)24/h5-12,17H,3-4,13H2,1-2H3,(H,21,22)(H,23,24). The van der Waals surface area contributed by atoms with Gasteiger partial charge in [0.1, 0.15) is 5.75 Å². The van der Waals surface area contributed by atoms with Gasteiger partial charge in [0.05, 0.1) is 24.6 Å². The molecule has 0 aliphatic carbocycles. The number of hydrogen-bond acceptors (Lipinski definition) is 3. The van der Waals surface area contributed by atoms with Gasteiger partial charge in [-0.15, -0.1) is 0 Å². The lowest BCUT2D eigenvalue weighted by molar-refractivity contribution is -0.121. The van der Waals surface area contributed by atoms with Crippen LogP contribution in [0.1, 0.15) is 47.8 Å². The van der Waals surface area contributed by atoms with Crippen LogP contribution in [0.4, 0.5) is 0 Å². The van der Waals surface area contributed by atoms with Crippen LogP contribution in [-0.2, 0) is 11.2 Å². The van der Waals surface area contributed by atoms with Crippen molar-refractivity contribution in [2.45, 2.75) is 32.7 Å². The fraction of sp³-hybridized carbons (Fsp3) is 0.300. The highest BCUT2D eigenvalue weighted by Crippen LogP contribution is 2.27. The van der Waals surface area contributed by atoms with Crippen molar-refractivity contribution in [3.63, 3.8) is 0 Å². The molecule has 2 N–H and O–H groups in total. The summed E-state index contributed by atoms with van der Waals surface area (Å²) in [5, 5.41) is 11.9. The summed E-state index contributed by atoms with van der Waals surface area (Å²) in [4.78, 5) is 23.2. The molecule has 25 heavy (non-hydrogen) atoms. The summed E-state index contributed by atoms with van der Waals surface area (Å²) >= 11 is 0. The highest BCUT2D eigenvalue weighted by atomic mass is 16.5. The molecule has 0 aliphatic heterocycles. The van der Waals surface area contributed by atoms with E-state index in [0.29, 0.717) is 6.61 Å². The third kappa shape index (κ3) is 5.08. The first-order valence-corrected chi connectivity index (χ1v) is 8.38. The number of carbonyl (C=O) groups excluding carboxylic acids is 1. The first kappa shape index (κ1) is 18.5. The Labute approximate surface area is 147 Å². The van der Waals surface area contributed by atoms with E-state index in [9.17, 15) is 9.59 Å². The molecular formula is C20H23NO4. The monoisotopic (exact) mass is 341 g/mol. The Morgan fingerprint density at radius 3 is 2.36 bits per heavy atom. The van der Waals surface area contributed by atoms with Crippen molar-refractivity contribution in [2.24, 2.45) is 0 Å².